The van der Waals surface area contributed by atoms with Gasteiger partial charge in [-0.25, -0.2) is 4.68 Å². The number of hydrogen-bond donors (Lipinski definition) is 1. The standard InChI is InChI=1S/C11H13BrN4/c1-7-3-9(12)5-10(4-7)16-6-11(8(2)13)14-15-16/h3-6,8H,13H2,1-2H3. The van der Waals surface area contributed by atoms with Crippen molar-refractivity contribution in [3.05, 3.63) is 40.1 Å². The predicted molar refractivity (Wildman–Crippen MR) is 66.4 cm³/mol. The Morgan fingerprint density at radius 2 is 2.12 bits per heavy atom. The normalized spacial score (nSPS) is 12.8. The molecular formula is C11H13BrN4. The van der Waals surface area contributed by atoms with Crippen molar-refractivity contribution in [2.24, 2.45) is 5.73 Å². The highest BCUT2D eigenvalue weighted by Crippen LogP contribution is 2.18. The molecule has 16 heavy (non-hydrogen) atoms. The maximum absolute atomic E-state index is 5.74. The van der Waals surface area contributed by atoms with Crippen LogP contribution in [0.1, 0.15) is 24.2 Å². The Kier molecular flexibility index (Phi) is 3.07. The summed E-state index contributed by atoms with van der Waals surface area (Å²) in [6, 6.07) is 5.99. The van der Waals surface area contributed by atoms with Crippen LogP contribution < -0.4 is 5.73 Å². The van der Waals surface area contributed by atoms with Crippen molar-refractivity contribution in [2.75, 3.05) is 0 Å². The third-order valence-electron chi connectivity index (χ3n) is 2.27. The van der Waals surface area contributed by atoms with E-state index >= 15 is 0 Å². The van der Waals surface area contributed by atoms with Gasteiger partial charge in [-0.05, 0) is 37.6 Å². The Hall–Kier alpha value is -1.20. The highest BCUT2D eigenvalue weighted by Gasteiger charge is 2.07. The molecule has 0 aliphatic carbocycles. The SMILES string of the molecule is Cc1cc(Br)cc(-n2cc(C(C)N)nn2)c1. The summed E-state index contributed by atoms with van der Waals surface area (Å²) in [6.07, 6.45) is 1.85. The lowest BCUT2D eigenvalue weighted by atomic mass is 10.2. The van der Waals surface area contributed by atoms with Crippen LogP contribution in [0, 0.1) is 6.92 Å². The average molecular weight is 281 g/mol. The molecule has 0 aliphatic heterocycles. The van der Waals surface area contributed by atoms with Gasteiger partial charge in [-0.15, -0.1) is 5.10 Å². The lowest BCUT2D eigenvalue weighted by Crippen LogP contribution is -2.04. The van der Waals surface area contributed by atoms with E-state index < -0.39 is 0 Å². The fourth-order valence-corrected chi connectivity index (χ4v) is 2.06. The van der Waals surface area contributed by atoms with Crippen molar-refractivity contribution >= 4 is 15.9 Å². The van der Waals surface area contributed by atoms with Crippen LogP contribution in [-0.2, 0) is 0 Å². The van der Waals surface area contributed by atoms with E-state index in [-0.39, 0.29) is 6.04 Å². The summed E-state index contributed by atoms with van der Waals surface area (Å²) in [7, 11) is 0. The molecular weight excluding hydrogens is 268 g/mol. The molecule has 0 aliphatic rings. The van der Waals surface area contributed by atoms with Gasteiger partial charge in [0.2, 0.25) is 0 Å². The van der Waals surface area contributed by atoms with Crippen LogP contribution in [0.25, 0.3) is 5.69 Å². The number of aryl methyl sites for hydroxylation is 1. The smallest absolute Gasteiger partial charge is 0.0995 e. The lowest BCUT2D eigenvalue weighted by molar-refractivity contribution is 0.756. The summed E-state index contributed by atoms with van der Waals surface area (Å²) in [5, 5.41) is 8.08. The zero-order chi connectivity index (χ0) is 11.7. The van der Waals surface area contributed by atoms with Crippen LogP contribution in [0.5, 0.6) is 0 Å². The van der Waals surface area contributed by atoms with Crippen molar-refractivity contribution in [2.45, 2.75) is 19.9 Å². The molecule has 5 heteroatoms. The van der Waals surface area contributed by atoms with Crippen molar-refractivity contribution in [3.63, 3.8) is 0 Å². The van der Waals surface area contributed by atoms with Gasteiger partial charge in [-0.3, -0.25) is 0 Å². The highest BCUT2D eigenvalue weighted by atomic mass is 79.9. The van der Waals surface area contributed by atoms with Gasteiger partial charge in [0.1, 0.15) is 0 Å². The number of halogens is 1. The van der Waals surface area contributed by atoms with Crippen molar-refractivity contribution in [3.8, 4) is 5.69 Å². The van der Waals surface area contributed by atoms with E-state index in [4.69, 9.17) is 5.73 Å². The molecule has 1 aromatic carbocycles. The first-order valence-corrected chi connectivity index (χ1v) is 5.81. The van der Waals surface area contributed by atoms with Crippen LogP contribution in [-0.4, -0.2) is 15.0 Å². The minimum atomic E-state index is -0.0954. The van der Waals surface area contributed by atoms with Crippen LogP contribution in [0.15, 0.2) is 28.9 Å². The molecule has 0 amide bonds. The second kappa shape index (κ2) is 4.35. The van der Waals surface area contributed by atoms with Gasteiger partial charge in [0.05, 0.1) is 17.6 Å². The number of nitrogens with zero attached hydrogens (tertiary/aromatic N) is 3. The van der Waals surface area contributed by atoms with Gasteiger partial charge in [0, 0.05) is 10.5 Å². The average Bonchev–Trinajstić information content (AvgIpc) is 2.64. The fourth-order valence-electron chi connectivity index (χ4n) is 1.46. The second-order valence-corrected chi connectivity index (χ2v) is 4.78. The van der Waals surface area contributed by atoms with E-state index in [9.17, 15) is 0 Å². The Morgan fingerprint density at radius 3 is 2.69 bits per heavy atom. The van der Waals surface area contributed by atoms with Crippen LogP contribution in [0.2, 0.25) is 0 Å². The Labute approximate surface area is 103 Å². The van der Waals surface area contributed by atoms with Crippen molar-refractivity contribution in [1.82, 2.24) is 15.0 Å². The Morgan fingerprint density at radius 1 is 1.38 bits per heavy atom. The predicted octanol–water partition coefficient (Wildman–Crippen LogP) is 2.36. The highest BCUT2D eigenvalue weighted by molar-refractivity contribution is 9.10. The zero-order valence-corrected chi connectivity index (χ0v) is 10.8. The van der Waals surface area contributed by atoms with E-state index in [2.05, 4.69) is 26.2 Å². The second-order valence-electron chi connectivity index (χ2n) is 3.86. The maximum Gasteiger partial charge on any atom is 0.0995 e. The summed E-state index contributed by atoms with van der Waals surface area (Å²) in [4.78, 5) is 0. The van der Waals surface area contributed by atoms with E-state index in [0.717, 1.165) is 15.9 Å². The van der Waals surface area contributed by atoms with Crippen molar-refractivity contribution in [1.29, 1.82) is 0 Å². The van der Waals surface area contributed by atoms with Crippen LogP contribution >= 0.6 is 15.9 Å². The molecule has 0 saturated heterocycles. The molecule has 2 aromatic rings. The summed E-state index contributed by atoms with van der Waals surface area (Å²) >= 11 is 3.46. The first-order valence-electron chi connectivity index (χ1n) is 5.01. The minimum absolute atomic E-state index is 0.0954. The minimum Gasteiger partial charge on any atom is -0.323 e. The summed E-state index contributed by atoms with van der Waals surface area (Å²) in [5.41, 5.74) is 8.68. The van der Waals surface area contributed by atoms with E-state index in [1.807, 2.05) is 38.2 Å². The van der Waals surface area contributed by atoms with Gasteiger partial charge >= 0.3 is 0 Å². The number of aromatic nitrogens is 3. The molecule has 1 atom stereocenters. The van der Waals surface area contributed by atoms with E-state index in [1.54, 1.807) is 4.68 Å². The molecule has 2 N–H and O–H groups in total. The first-order chi connectivity index (χ1) is 7.56. The molecule has 1 aromatic heterocycles. The monoisotopic (exact) mass is 280 g/mol. The molecule has 1 unspecified atom stereocenters. The zero-order valence-electron chi connectivity index (χ0n) is 9.18. The molecule has 2 rings (SSSR count). The third kappa shape index (κ3) is 2.31. The maximum atomic E-state index is 5.74. The molecule has 0 fully saturated rings. The molecule has 0 saturated carbocycles. The van der Waals surface area contributed by atoms with Crippen LogP contribution in [0.4, 0.5) is 0 Å². The summed E-state index contributed by atoms with van der Waals surface area (Å²) in [6.45, 7) is 3.93. The molecule has 0 bridgehead atoms. The Balaban J connectivity index is 2.42. The van der Waals surface area contributed by atoms with E-state index in [0.29, 0.717) is 0 Å². The van der Waals surface area contributed by atoms with Gasteiger partial charge in [0.15, 0.2) is 0 Å². The topological polar surface area (TPSA) is 56.7 Å². The van der Waals surface area contributed by atoms with E-state index in [1.165, 1.54) is 5.56 Å². The third-order valence-corrected chi connectivity index (χ3v) is 2.73. The van der Waals surface area contributed by atoms with Gasteiger partial charge in [-0.1, -0.05) is 21.1 Å². The van der Waals surface area contributed by atoms with Crippen LogP contribution in [0.3, 0.4) is 0 Å². The number of rotatable bonds is 2. The molecule has 0 radical (unpaired) electrons. The number of nitrogens with two attached hydrogens (primary N) is 1. The quantitative estimate of drug-likeness (QED) is 0.919. The molecule has 0 spiro atoms. The first kappa shape index (κ1) is 11.3. The van der Waals surface area contributed by atoms with Gasteiger partial charge in [-0.2, -0.15) is 0 Å². The summed E-state index contributed by atoms with van der Waals surface area (Å²) in [5.74, 6) is 0. The molecule has 1 heterocycles. The van der Waals surface area contributed by atoms with Crippen molar-refractivity contribution < 1.29 is 0 Å². The van der Waals surface area contributed by atoms with Gasteiger partial charge < -0.3 is 5.73 Å². The molecule has 4 nitrogen and oxygen atoms in total. The number of hydrogen-bond acceptors (Lipinski definition) is 3. The van der Waals surface area contributed by atoms with Gasteiger partial charge in [0.25, 0.3) is 0 Å². The fraction of sp³-hybridized carbons (Fsp3) is 0.273. The number of benzene rings is 1. The lowest BCUT2D eigenvalue weighted by Gasteiger charge is -2.03. The largest absolute Gasteiger partial charge is 0.323 e. The Bertz CT molecular complexity index is 484. The summed E-state index contributed by atoms with van der Waals surface area (Å²) < 4.78 is 2.76. The molecule has 84 valence electrons.